The van der Waals surface area contributed by atoms with Crippen molar-refractivity contribution in [2.45, 2.75) is 167 Å². The lowest BCUT2D eigenvalue weighted by atomic mass is 9.81. The second kappa shape index (κ2) is 24.7. The van der Waals surface area contributed by atoms with E-state index < -0.39 is 89.5 Å². The second-order valence-electron chi connectivity index (χ2n) is 19.4. The van der Waals surface area contributed by atoms with Gasteiger partial charge in [0.1, 0.15) is 41.8 Å². The Labute approximate surface area is 395 Å². The number of cyclic esters (lactones) is 1. The number of fused-ring (bicyclic) bond motifs is 3. The Balaban J connectivity index is 1.43. The van der Waals surface area contributed by atoms with Gasteiger partial charge in [0.2, 0.25) is 5.79 Å². The molecule has 374 valence electrons. The van der Waals surface area contributed by atoms with Crippen molar-refractivity contribution >= 4 is 29.5 Å². The molecule has 1 amide bonds. The Hall–Kier alpha value is -3.73. The number of ketones is 2. The van der Waals surface area contributed by atoms with Crippen LogP contribution in [-0.4, -0.2) is 123 Å². The van der Waals surface area contributed by atoms with E-state index in [1.54, 1.807) is 46.1 Å². The number of ether oxygens (including phenoxy) is 6. The van der Waals surface area contributed by atoms with Crippen LogP contribution in [0.3, 0.4) is 0 Å². The van der Waals surface area contributed by atoms with Crippen LogP contribution >= 0.6 is 0 Å². The van der Waals surface area contributed by atoms with Crippen LogP contribution in [0.2, 0.25) is 0 Å². The molecule has 3 fully saturated rings. The smallest absolute Gasteiger partial charge is 0.329 e. The van der Waals surface area contributed by atoms with Gasteiger partial charge >= 0.3 is 5.97 Å². The van der Waals surface area contributed by atoms with Gasteiger partial charge in [-0.15, -0.1) is 0 Å². The molecule has 67 heavy (non-hydrogen) atoms. The van der Waals surface area contributed by atoms with Crippen LogP contribution < -0.4 is 0 Å². The number of alkyl halides is 1. The van der Waals surface area contributed by atoms with Crippen LogP contribution in [0.25, 0.3) is 6.08 Å². The predicted octanol–water partition coefficient (Wildman–Crippen LogP) is 8.47. The summed E-state index contributed by atoms with van der Waals surface area (Å²) >= 11 is 0. The maximum absolute atomic E-state index is 16.3. The number of allylic oxidation sites excluding steroid dienone is 3. The number of benzene rings is 1. The zero-order chi connectivity index (χ0) is 49.2. The molecule has 2 bridgehead atoms. The fraction of sp³-hybridized carbons (Fsp3) is 0.692. The highest BCUT2D eigenvalue weighted by molar-refractivity contribution is 6.39. The van der Waals surface area contributed by atoms with E-state index in [2.05, 4.69) is 6.08 Å². The van der Waals surface area contributed by atoms with Crippen molar-refractivity contribution in [1.29, 1.82) is 0 Å². The van der Waals surface area contributed by atoms with Crippen molar-refractivity contribution < 1.29 is 65.9 Å². The first kappa shape index (κ1) is 54.2. The first-order valence-corrected chi connectivity index (χ1v) is 24.2. The van der Waals surface area contributed by atoms with Crippen molar-refractivity contribution in [3.05, 3.63) is 64.8 Å². The van der Waals surface area contributed by atoms with E-state index in [9.17, 15) is 33.1 Å². The third-order valence-electron chi connectivity index (χ3n) is 14.5. The SMILES string of the molecule is CCC1C=C(C)C(F)C(C)CC(OC)C2OC(O)(C(=O)C(=O)N3CCCCC3C(=O)OC(C(C)=CC3CCC(OCC=Cc4cc(F)cc(F)c4)C(OC)C3)C(C)CCC1=O)C(C)CC2OC. The molecule has 14 atom stereocenters. The van der Waals surface area contributed by atoms with E-state index in [4.69, 9.17) is 28.4 Å². The molecule has 3 heterocycles. The molecule has 1 saturated carbocycles. The maximum Gasteiger partial charge on any atom is 0.329 e. The van der Waals surface area contributed by atoms with Crippen molar-refractivity contribution in [2.75, 3.05) is 34.5 Å². The summed E-state index contributed by atoms with van der Waals surface area (Å²) in [5.74, 6) is -9.41. The van der Waals surface area contributed by atoms with Gasteiger partial charge in [0.15, 0.2) is 0 Å². The number of carbonyl (C=O) groups excluding carboxylic acids is 4. The summed E-state index contributed by atoms with van der Waals surface area (Å²) in [4.78, 5) is 58.2. The van der Waals surface area contributed by atoms with Crippen molar-refractivity contribution in [3.63, 3.8) is 0 Å². The number of piperidine rings is 1. The van der Waals surface area contributed by atoms with Crippen LogP contribution in [0.1, 0.15) is 118 Å². The van der Waals surface area contributed by atoms with Crippen molar-refractivity contribution in [2.24, 2.45) is 29.6 Å². The average molecular weight is 946 g/mol. The quantitative estimate of drug-likeness (QED) is 0.137. The zero-order valence-corrected chi connectivity index (χ0v) is 40.9. The van der Waals surface area contributed by atoms with Crippen molar-refractivity contribution in [1.82, 2.24) is 4.90 Å². The van der Waals surface area contributed by atoms with Gasteiger partial charge in [-0.1, -0.05) is 52.0 Å². The molecule has 0 aromatic heterocycles. The summed E-state index contributed by atoms with van der Waals surface area (Å²) < 4.78 is 79.9. The topological polar surface area (TPSA) is 147 Å². The lowest BCUT2D eigenvalue weighted by Gasteiger charge is -2.47. The molecule has 1 aliphatic carbocycles. The largest absolute Gasteiger partial charge is 0.456 e. The first-order valence-electron chi connectivity index (χ1n) is 24.2. The molecule has 1 N–H and O–H groups in total. The number of aliphatic hydroxyl groups is 1. The summed E-state index contributed by atoms with van der Waals surface area (Å²) in [6, 6.07) is 2.16. The number of nitrogens with zero attached hydrogens (tertiary/aromatic N) is 1. The lowest BCUT2D eigenvalue weighted by Crippen LogP contribution is -2.64. The van der Waals surface area contributed by atoms with Crippen LogP contribution in [0.15, 0.2) is 47.6 Å². The third-order valence-corrected chi connectivity index (χ3v) is 14.5. The van der Waals surface area contributed by atoms with Crippen LogP contribution in [0.5, 0.6) is 0 Å². The lowest BCUT2D eigenvalue weighted by molar-refractivity contribution is -0.302. The summed E-state index contributed by atoms with van der Waals surface area (Å²) in [5, 5.41) is 12.1. The minimum atomic E-state index is -2.60. The Bertz CT molecular complexity index is 1940. The van der Waals surface area contributed by atoms with Gasteiger partial charge in [0.25, 0.3) is 11.7 Å². The van der Waals surface area contributed by atoms with Crippen LogP contribution in [0, 0.1) is 41.2 Å². The number of carbonyl (C=O) groups is 4. The first-order chi connectivity index (χ1) is 31.8. The van der Waals surface area contributed by atoms with Gasteiger partial charge < -0.3 is 38.4 Å². The van der Waals surface area contributed by atoms with E-state index in [1.165, 1.54) is 31.3 Å². The molecule has 4 aliphatic rings. The maximum atomic E-state index is 16.3. The highest BCUT2D eigenvalue weighted by atomic mass is 19.1. The second-order valence-corrected chi connectivity index (χ2v) is 19.4. The highest BCUT2D eigenvalue weighted by Gasteiger charge is 2.56. The molecule has 0 spiro atoms. The van der Waals surface area contributed by atoms with Gasteiger partial charge in [0, 0.05) is 52.2 Å². The number of rotatable bonds is 10. The van der Waals surface area contributed by atoms with E-state index in [0.29, 0.717) is 49.7 Å². The number of Topliss-reactive ketones (excluding diaryl/α,β-unsaturated/α-hetero) is 2. The molecular weight excluding hydrogens is 872 g/mol. The van der Waals surface area contributed by atoms with E-state index in [-0.39, 0.29) is 68.7 Å². The summed E-state index contributed by atoms with van der Waals surface area (Å²) in [5.41, 5.74) is 1.53. The number of methoxy groups -OCH3 is 3. The van der Waals surface area contributed by atoms with Gasteiger partial charge in [-0.2, -0.15) is 0 Å². The van der Waals surface area contributed by atoms with E-state index in [1.807, 2.05) is 20.8 Å². The standard InChI is InChI=1S/C52H74F3NO11/c1-10-37-23-31(3)46(55)32(4)24-44(63-8)48-45(64-9)25-34(6)52(61,67-48)49(58)50(59)56-20-12-11-15-40(56)51(60)66-47(30(2)16-18-41(37)57)33(5)22-36-17-19-42(43(28-36)62-7)65-21-13-14-35-26-38(53)29-39(54)27-35/h13-14,22-23,26-27,29-30,32,34,36-37,40,42-48,61H,10-12,15-21,24-25,28H2,1-9H3. The fourth-order valence-corrected chi connectivity index (χ4v) is 10.5. The van der Waals surface area contributed by atoms with Crippen LogP contribution in [0.4, 0.5) is 13.2 Å². The average Bonchev–Trinajstić information content (AvgIpc) is 3.31. The minimum Gasteiger partial charge on any atom is -0.456 e. The van der Waals surface area contributed by atoms with Gasteiger partial charge in [0.05, 0.1) is 31.0 Å². The number of esters is 1. The Morgan fingerprint density at radius 2 is 1.55 bits per heavy atom. The van der Waals surface area contributed by atoms with Crippen molar-refractivity contribution in [3.8, 4) is 0 Å². The molecule has 14 unspecified atom stereocenters. The monoisotopic (exact) mass is 946 g/mol. The highest BCUT2D eigenvalue weighted by Crippen LogP contribution is 2.40. The molecule has 12 nitrogen and oxygen atoms in total. The summed E-state index contributed by atoms with van der Waals surface area (Å²) in [6.07, 6.45) is 6.20. The van der Waals surface area contributed by atoms with Gasteiger partial charge in [-0.05, 0) is 125 Å². The zero-order valence-electron chi connectivity index (χ0n) is 40.9. The van der Waals surface area contributed by atoms with E-state index >= 15 is 4.39 Å². The molecule has 3 aliphatic heterocycles. The van der Waals surface area contributed by atoms with Gasteiger partial charge in [-0.3, -0.25) is 14.4 Å². The molecule has 0 radical (unpaired) electrons. The van der Waals surface area contributed by atoms with Gasteiger partial charge in [-0.25, -0.2) is 18.0 Å². The molecule has 1 aromatic rings. The Morgan fingerprint density at radius 3 is 2.21 bits per heavy atom. The summed E-state index contributed by atoms with van der Waals surface area (Å²) in [7, 11) is 4.51. The Kier molecular flexibility index (Phi) is 20.0. The third kappa shape index (κ3) is 13.5. The van der Waals surface area contributed by atoms with Crippen LogP contribution in [-0.2, 0) is 47.6 Å². The normalized spacial score (nSPS) is 36.0. The molecule has 1 aromatic carbocycles. The molecular formula is C52H74F3NO11. The molecule has 15 heteroatoms. The summed E-state index contributed by atoms with van der Waals surface area (Å²) in [6.45, 7) is 10.9. The Morgan fingerprint density at radius 1 is 0.881 bits per heavy atom. The fourth-order valence-electron chi connectivity index (χ4n) is 10.5. The predicted molar refractivity (Wildman–Crippen MR) is 246 cm³/mol. The van der Waals surface area contributed by atoms with E-state index in [0.717, 1.165) is 18.1 Å². The number of hydrogen-bond donors (Lipinski definition) is 1. The number of amides is 1. The molecule has 2 saturated heterocycles. The molecule has 5 rings (SSSR count). The minimum absolute atomic E-state index is 0.00440. The number of halogens is 3. The number of hydrogen-bond acceptors (Lipinski definition) is 11.